The summed E-state index contributed by atoms with van der Waals surface area (Å²) in [4.78, 5) is 27.1. The van der Waals surface area contributed by atoms with Crippen LogP contribution in [-0.2, 0) is 25.3 Å². The van der Waals surface area contributed by atoms with Crippen LogP contribution >= 0.6 is 0 Å². The molecule has 0 spiro atoms. The van der Waals surface area contributed by atoms with Gasteiger partial charge in [-0.2, -0.15) is 5.26 Å². The lowest BCUT2D eigenvalue weighted by Crippen LogP contribution is -2.65. The van der Waals surface area contributed by atoms with Crippen molar-refractivity contribution in [1.29, 1.82) is 5.26 Å². The van der Waals surface area contributed by atoms with E-state index in [1.54, 1.807) is 4.90 Å². The minimum atomic E-state index is -0.569. The summed E-state index contributed by atoms with van der Waals surface area (Å²) in [6.45, 7) is 7.74. The van der Waals surface area contributed by atoms with Crippen molar-refractivity contribution >= 4 is 19.1 Å². The average Bonchev–Trinajstić information content (AvgIpc) is 3.06. The van der Waals surface area contributed by atoms with Crippen LogP contribution in [-0.4, -0.2) is 60.9 Å². The number of amides is 2. The highest BCUT2D eigenvalue weighted by Gasteiger charge is 2.68. The van der Waals surface area contributed by atoms with Gasteiger partial charge >= 0.3 is 13.2 Å². The van der Waals surface area contributed by atoms with Gasteiger partial charge < -0.3 is 24.3 Å². The van der Waals surface area contributed by atoms with Gasteiger partial charge in [0, 0.05) is 6.54 Å². The van der Waals surface area contributed by atoms with Gasteiger partial charge in [0.05, 0.1) is 30.3 Å². The van der Waals surface area contributed by atoms with Crippen molar-refractivity contribution in [3.63, 3.8) is 0 Å². The SMILES string of the molecule is CC1(C)[C@@H]2C[C@H]3OB([C@H](Cc4ccccc4)NC(=O)O[C@H]4CCCCN(C(=O)CC#N)C4)O[C@@]3(C)[C@H]1C2. The number of hydrogen-bond donors (Lipinski definition) is 1. The molecule has 3 saturated carbocycles. The molecular formula is C28H38BN3O5. The van der Waals surface area contributed by atoms with E-state index < -0.39 is 25.3 Å². The predicted octanol–water partition coefficient (Wildman–Crippen LogP) is 3.89. The zero-order valence-corrected chi connectivity index (χ0v) is 22.2. The van der Waals surface area contributed by atoms with Gasteiger partial charge in [-0.3, -0.25) is 4.79 Å². The van der Waals surface area contributed by atoms with Gasteiger partial charge in [-0.05, 0) is 68.3 Å². The molecule has 37 heavy (non-hydrogen) atoms. The Morgan fingerprint density at radius 3 is 2.76 bits per heavy atom. The van der Waals surface area contributed by atoms with Crippen molar-refractivity contribution in [1.82, 2.24) is 10.2 Å². The van der Waals surface area contributed by atoms with E-state index in [1.165, 1.54) is 0 Å². The largest absolute Gasteiger partial charge is 0.482 e. The number of carbonyl (C=O) groups is 2. The lowest BCUT2D eigenvalue weighted by molar-refractivity contribution is -0.199. The highest BCUT2D eigenvalue weighted by molar-refractivity contribution is 6.47. The summed E-state index contributed by atoms with van der Waals surface area (Å²) in [7, 11) is -0.569. The molecule has 0 radical (unpaired) electrons. The highest BCUT2D eigenvalue weighted by Crippen LogP contribution is 2.65. The number of hydrogen-bond acceptors (Lipinski definition) is 6. The monoisotopic (exact) mass is 507 g/mol. The number of nitriles is 1. The van der Waals surface area contributed by atoms with Crippen molar-refractivity contribution < 1.29 is 23.6 Å². The van der Waals surface area contributed by atoms with Crippen LogP contribution in [0.2, 0.25) is 0 Å². The van der Waals surface area contributed by atoms with Crippen LogP contribution in [0.15, 0.2) is 30.3 Å². The molecule has 2 saturated heterocycles. The molecule has 1 aromatic rings. The van der Waals surface area contributed by atoms with Gasteiger partial charge in [-0.15, -0.1) is 0 Å². The zero-order chi connectivity index (χ0) is 26.2. The van der Waals surface area contributed by atoms with Crippen LogP contribution in [0.25, 0.3) is 0 Å². The van der Waals surface area contributed by atoms with Gasteiger partial charge in [0.25, 0.3) is 0 Å². The van der Waals surface area contributed by atoms with Gasteiger partial charge in [-0.25, -0.2) is 4.79 Å². The Morgan fingerprint density at radius 2 is 2.03 bits per heavy atom. The maximum atomic E-state index is 13.2. The average molecular weight is 507 g/mol. The Bertz CT molecular complexity index is 1050. The number of ether oxygens (including phenoxy) is 1. The van der Waals surface area contributed by atoms with E-state index in [4.69, 9.17) is 19.3 Å². The van der Waals surface area contributed by atoms with E-state index in [0.717, 1.165) is 31.2 Å². The Kier molecular flexibility index (Phi) is 7.25. The second-order valence-electron chi connectivity index (χ2n) is 12.0. The summed E-state index contributed by atoms with van der Waals surface area (Å²) in [6.07, 6.45) is 3.98. The lowest BCUT2D eigenvalue weighted by Gasteiger charge is -2.64. The standard InChI is InChI=1S/C28H38BN3O5/c1-27(2)20-16-22(27)28(3)23(17-20)36-29(37-28)24(15-19-9-5-4-6-10-19)31-26(34)35-21-11-7-8-14-32(18-21)25(33)12-13-30/h4-6,9-10,20-24H,7-8,11-12,14-18H2,1-3H3,(H,31,34)/t20-,21-,22-,23+,24-,28-/m0/s1. The summed E-state index contributed by atoms with van der Waals surface area (Å²) in [5.41, 5.74) is 0.943. The molecule has 3 aliphatic carbocycles. The van der Waals surface area contributed by atoms with Crippen LogP contribution in [0.5, 0.6) is 0 Å². The number of nitrogens with one attached hydrogen (secondary N) is 1. The van der Waals surface area contributed by atoms with Crippen LogP contribution in [0.1, 0.15) is 64.9 Å². The van der Waals surface area contributed by atoms with E-state index in [1.807, 2.05) is 36.4 Å². The fraction of sp³-hybridized carbons (Fsp3) is 0.679. The van der Waals surface area contributed by atoms with Crippen LogP contribution in [0, 0.1) is 28.6 Å². The molecule has 1 N–H and O–H groups in total. The number of carbonyl (C=O) groups excluding carboxylic acids is 2. The molecule has 0 aromatic heterocycles. The fourth-order valence-electron chi connectivity index (χ4n) is 7.10. The molecule has 0 unspecified atom stereocenters. The second-order valence-corrected chi connectivity index (χ2v) is 12.0. The molecule has 2 bridgehead atoms. The minimum absolute atomic E-state index is 0.0203. The maximum absolute atomic E-state index is 13.2. The van der Waals surface area contributed by atoms with E-state index in [9.17, 15) is 9.59 Å². The maximum Gasteiger partial charge on any atom is 0.482 e. The first kappa shape index (κ1) is 26.1. The summed E-state index contributed by atoms with van der Waals surface area (Å²) in [5.74, 6) is 0.441. The van der Waals surface area contributed by atoms with E-state index >= 15 is 0 Å². The Labute approximate surface area is 220 Å². The second kappa shape index (κ2) is 10.3. The summed E-state index contributed by atoms with van der Waals surface area (Å²) in [6, 6.07) is 11.9. The lowest BCUT2D eigenvalue weighted by atomic mass is 9.43. The topological polar surface area (TPSA) is 101 Å². The summed E-state index contributed by atoms with van der Waals surface area (Å²) in [5, 5.41) is 12.0. The third kappa shape index (κ3) is 5.11. The first-order chi connectivity index (χ1) is 17.7. The minimum Gasteiger partial charge on any atom is -0.444 e. The quantitative estimate of drug-likeness (QED) is 0.587. The molecule has 6 atom stereocenters. The van der Waals surface area contributed by atoms with Crippen LogP contribution in [0.4, 0.5) is 4.79 Å². The van der Waals surface area contributed by atoms with Crippen molar-refractivity contribution in [3.05, 3.63) is 35.9 Å². The van der Waals surface area contributed by atoms with E-state index in [0.29, 0.717) is 37.8 Å². The van der Waals surface area contributed by atoms with Crippen LogP contribution in [0.3, 0.4) is 0 Å². The Morgan fingerprint density at radius 1 is 1.24 bits per heavy atom. The van der Waals surface area contributed by atoms with Crippen LogP contribution < -0.4 is 5.32 Å². The number of rotatable bonds is 6. The normalized spacial score (nSPS) is 32.8. The molecule has 9 heteroatoms. The Balaban J connectivity index is 1.27. The fourth-order valence-corrected chi connectivity index (χ4v) is 7.10. The number of alkyl carbamates (subject to hydrolysis) is 1. The molecule has 198 valence electrons. The number of nitrogens with zero attached hydrogens (tertiary/aromatic N) is 2. The Hall–Kier alpha value is -2.57. The molecule has 2 amide bonds. The van der Waals surface area contributed by atoms with Gasteiger partial charge in [0.2, 0.25) is 5.91 Å². The molecule has 6 rings (SSSR count). The molecule has 2 aliphatic heterocycles. The first-order valence-corrected chi connectivity index (χ1v) is 13.7. The first-order valence-electron chi connectivity index (χ1n) is 13.7. The van der Waals surface area contributed by atoms with Gasteiger partial charge in [0.15, 0.2) is 0 Å². The van der Waals surface area contributed by atoms with Gasteiger partial charge in [0.1, 0.15) is 12.5 Å². The summed E-state index contributed by atoms with van der Waals surface area (Å²) < 4.78 is 19.0. The molecule has 1 aromatic carbocycles. The molecule has 5 aliphatic rings. The van der Waals surface area contributed by atoms with E-state index in [-0.39, 0.29) is 29.4 Å². The third-order valence-electron chi connectivity index (χ3n) is 9.38. The van der Waals surface area contributed by atoms with Crippen molar-refractivity contribution in [2.45, 2.75) is 89.5 Å². The highest BCUT2D eigenvalue weighted by atomic mass is 16.7. The number of benzene rings is 1. The molecular weight excluding hydrogens is 469 g/mol. The van der Waals surface area contributed by atoms with Crippen molar-refractivity contribution in [2.75, 3.05) is 13.1 Å². The number of likely N-dealkylation sites (tertiary alicyclic amines) is 1. The smallest absolute Gasteiger partial charge is 0.444 e. The van der Waals surface area contributed by atoms with Gasteiger partial charge in [-0.1, -0.05) is 44.2 Å². The predicted molar refractivity (Wildman–Crippen MR) is 138 cm³/mol. The molecule has 8 nitrogen and oxygen atoms in total. The molecule has 2 heterocycles. The van der Waals surface area contributed by atoms with Crippen molar-refractivity contribution in [2.24, 2.45) is 17.3 Å². The molecule has 5 fully saturated rings. The third-order valence-corrected chi connectivity index (χ3v) is 9.38. The summed E-state index contributed by atoms with van der Waals surface area (Å²) >= 11 is 0. The zero-order valence-electron chi connectivity index (χ0n) is 22.2. The van der Waals surface area contributed by atoms with Crippen molar-refractivity contribution in [3.8, 4) is 6.07 Å². The van der Waals surface area contributed by atoms with E-state index in [2.05, 4.69) is 26.1 Å².